The van der Waals surface area contributed by atoms with Crippen molar-refractivity contribution in [1.29, 1.82) is 0 Å². The van der Waals surface area contributed by atoms with Gasteiger partial charge >= 0.3 is 41.3 Å². The Labute approximate surface area is 115 Å². The third-order valence-electron chi connectivity index (χ3n) is 1.76. The van der Waals surface area contributed by atoms with Crippen molar-refractivity contribution in [2.45, 2.75) is 40.0 Å². The Morgan fingerprint density at radius 3 is 2.19 bits per heavy atom. The molecule has 0 amide bonds. The Hall–Kier alpha value is -0.287. The monoisotopic (exact) mass is 290 g/mol. The summed E-state index contributed by atoms with van der Waals surface area (Å²) < 4.78 is 1.51. The first kappa shape index (κ1) is 15.7. The maximum Gasteiger partial charge on any atom is -0.109 e. The van der Waals surface area contributed by atoms with Gasteiger partial charge in [0.25, 0.3) is 0 Å². The van der Waals surface area contributed by atoms with Crippen LogP contribution in [0.2, 0.25) is 0 Å². The minimum Gasteiger partial charge on any atom is -0.273 e. The van der Waals surface area contributed by atoms with Crippen LogP contribution >= 0.6 is 0 Å². The van der Waals surface area contributed by atoms with Gasteiger partial charge in [-0.3, -0.25) is 12.2 Å². The Balaban J connectivity index is 0.000000222. The summed E-state index contributed by atoms with van der Waals surface area (Å²) in [4.78, 5) is 0. The minimum absolute atomic E-state index is 1.01. The van der Waals surface area contributed by atoms with Crippen LogP contribution in [0.1, 0.15) is 40.0 Å². The summed E-state index contributed by atoms with van der Waals surface area (Å²) in [6.45, 7) is 6.41. The summed E-state index contributed by atoms with van der Waals surface area (Å²) in [6.07, 6.45) is 19.6. The van der Waals surface area contributed by atoms with Crippen LogP contribution in [0.15, 0.2) is 36.0 Å². The number of allylic oxidation sites excluding steroid dienone is 8. The fourth-order valence-electron chi connectivity index (χ4n) is 1.03. The fourth-order valence-corrected chi connectivity index (χ4v) is 1.03. The molecular weight excluding hydrogens is 271 g/mol. The maximum absolute atomic E-state index is 3.11. The van der Waals surface area contributed by atoms with Gasteiger partial charge in [-0.2, -0.15) is 12.2 Å². The molecule has 0 spiro atoms. The second-order valence-electron chi connectivity index (χ2n) is 3.69. The second-order valence-corrected chi connectivity index (χ2v) is 6.15. The first-order valence-electron chi connectivity index (χ1n) is 5.66. The fraction of sp³-hybridized carbons (Fsp3) is 0.400. The van der Waals surface area contributed by atoms with E-state index in [1.807, 2.05) is 12.2 Å². The summed E-state index contributed by atoms with van der Waals surface area (Å²) in [5.74, 6) is 0. The van der Waals surface area contributed by atoms with Gasteiger partial charge in [0, 0.05) is 0 Å². The van der Waals surface area contributed by atoms with E-state index in [2.05, 4.69) is 51.2 Å². The van der Waals surface area contributed by atoms with E-state index < -0.39 is 0 Å². The van der Waals surface area contributed by atoms with Crippen LogP contribution in [0.4, 0.5) is 0 Å². The third-order valence-corrected chi connectivity index (χ3v) is 1.76. The molecule has 1 heteroatoms. The molecule has 0 radical (unpaired) electrons. The molecule has 0 aliphatic heterocycles. The molecule has 0 atom stereocenters. The van der Waals surface area contributed by atoms with Crippen molar-refractivity contribution in [3.63, 3.8) is 0 Å². The molecule has 0 fully saturated rings. The summed E-state index contributed by atoms with van der Waals surface area (Å²) >= 11 is 1.55. The zero-order valence-corrected chi connectivity index (χ0v) is 13.0. The van der Waals surface area contributed by atoms with E-state index in [0.717, 1.165) is 19.3 Å². The zero-order chi connectivity index (χ0) is 12.2. The van der Waals surface area contributed by atoms with Crippen molar-refractivity contribution in [3.05, 3.63) is 48.1 Å². The third kappa shape index (κ3) is 11.8. The molecular formula is C15H20Zr. The summed E-state index contributed by atoms with van der Waals surface area (Å²) in [5, 5.41) is 0. The maximum atomic E-state index is 3.11. The van der Waals surface area contributed by atoms with Crippen molar-refractivity contribution >= 4 is 3.21 Å². The molecule has 0 bridgehead atoms. The first-order valence-corrected chi connectivity index (χ1v) is 6.88. The summed E-state index contributed by atoms with van der Waals surface area (Å²) in [6, 6.07) is 0. The van der Waals surface area contributed by atoms with Crippen LogP contribution in [0, 0.1) is 12.2 Å². The summed E-state index contributed by atoms with van der Waals surface area (Å²) in [5.41, 5.74) is 1.43. The molecule has 0 saturated heterocycles. The Bertz CT molecular complexity index is 289. The van der Waals surface area contributed by atoms with Gasteiger partial charge in [0.2, 0.25) is 0 Å². The molecule has 84 valence electrons. The molecule has 16 heavy (non-hydrogen) atoms. The molecule has 0 saturated carbocycles. The Kier molecular flexibility index (Phi) is 11.0. The SMILES string of the molecule is CCC1=CC[C-]=C1.C[C](C)=[Zr+2].[C-]1=CC=CC1. The zero-order valence-electron chi connectivity index (χ0n) is 10.5. The molecule has 2 rings (SSSR count). The van der Waals surface area contributed by atoms with Crippen LogP contribution in [0.25, 0.3) is 0 Å². The van der Waals surface area contributed by atoms with Gasteiger partial charge in [-0.1, -0.05) is 13.3 Å². The van der Waals surface area contributed by atoms with Gasteiger partial charge in [-0.05, 0) is 0 Å². The van der Waals surface area contributed by atoms with Crippen molar-refractivity contribution in [2.75, 3.05) is 0 Å². The molecule has 0 N–H and O–H groups in total. The predicted octanol–water partition coefficient (Wildman–Crippen LogP) is 4.14. The van der Waals surface area contributed by atoms with Gasteiger partial charge in [0.1, 0.15) is 0 Å². The van der Waals surface area contributed by atoms with E-state index >= 15 is 0 Å². The molecule has 2 aliphatic rings. The smallest absolute Gasteiger partial charge is 0.109 e. The normalized spacial score (nSPS) is 14.9. The Morgan fingerprint density at radius 1 is 1.31 bits per heavy atom. The second kappa shape index (κ2) is 11.2. The van der Waals surface area contributed by atoms with Crippen LogP contribution in [0.5, 0.6) is 0 Å². The summed E-state index contributed by atoms with van der Waals surface area (Å²) in [7, 11) is 0. The molecule has 0 aromatic heterocycles. The van der Waals surface area contributed by atoms with Crippen LogP contribution in [0.3, 0.4) is 0 Å². The average molecular weight is 292 g/mol. The molecule has 0 unspecified atom stereocenters. The molecule has 0 nitrogen and oxygen atoms in total. The van der Waals surface area contributed by atoms with Gasteiger partial charge in [-0.25, -0.2) is 23.8 Å². The van der Waals surface area contributed by atoms with Crippen molar-refractivity contribution in [2.24, 2.45) is 0 Å². The van der Waals surface area contributed by atoms with Gasteiger partial charge in [-0.15, -0.1) is 12.8 Å². The van der Waals surface area contributed by atoms with Gasteiger partial charge in [0.15, 0.2) is 0 Å². The molecule has 0 aromatic rings. The van der Waals surface area contributed by atoms with E-state index in [4.69, 9.17) is 0 Å². The van der Waals surface area contributed by atoms with Crippen LogP contribution < -0.4 is 0 Å². The van der Waals surface area contributed by atoms with Crippen molar-refractivity contribution in [3.8, 4) is 0 Å². The largest absolute Gasteiger partial charge is 0.273 e. The van der Waals surface area contributed by atoms with Crippen LogP contribution in [-0.2, 0) is 24.2 Å². The van der Waals surface area contributed by atoms with E-state index in [1.54, 1.807) is 24.2 Å². The van der Waals surface area contributed by atoms with E-state index in [0.29, 0.717) is 0 Å². The average Bonchev–Trinajstić information content (AvgIpc) is 2.94. The quantitative estimate of drug-likeness (QED) is 0.637. The van der Waals surface area contributed by atoms with E-state index in [9.17, 15) is 0 Å². The first-order chi connectivity index (χ1) is 7.66. The van der Waals surface area contributed by atoms with Crippen molar-refractivity contribution < 1.29 is 24.2 Å². The van der Waals surface area contributed by atoms with Crippen molar-refractivity contribution in [1.82, 2.24) is 0 Å². The number of rotatable bonds is 1. The van der Waals surface area contributed by atoms with E-state index in [1.165, 1.54) is 8.78 Å². The molecule has 2 aliphatic carbocycles. The Morgan fingerprint density at radius 2 is 2.00 bits per heavy atom. The van der Waals surface area contributed by atoms with Crippen LogP contribution in [-0.4, -0.2) is 3.21 Å². The molecule has 0 heterocycles. The standard InChI is InChI=1S/C7H9.C5H5.C3H6.Zr/c1-2-7-5-3-4-6-7;1-2-4-5-3-1;1-3-2;/h5-6H,2-3H2,1H3;1-3H,4H2;1-2H3;/q2*-1;;+2. The predicted molar refractivity (Wildman–Crippen MR) is 68.7 cm³/mol. The number of hydrogen-bond acceptors (Lipinski definition) is 0. The minimum atomic E-state index is 1.01. The number of hydrogen-bond donors (Lipinski definition) is 0. The van der Waals surface area contributed by atoms with E-state index in [-0.39, 0.29) is 0 Å². The topological polar surface area (TPSA) is 0 Å². The molecule has 0 aromatic carbocycles. The van der Waals surface area contributed by atoms with Gasteiger partial charge < -0.3 is 0 Å². The van der Waals surface area contributed by atoms with Gasteiger partial charge in [0.05, 0.1) is 0 Å².